The summed E-state index contributed by atoms with van der Waals surface area (Å²) in [7, 11) is 0. The van der Waals surface area contributed by atoms with E-state index in [9.17, 15) is 4.79 Å². The van der Waals surface area contributed by atoms with Crippen LogP contribution in [0.2, 0.25) is 0 Å². The Balaban J connectivity index is 1.29. The number of nitrogens with one attached hydrogen (secondary N) is 3. The Morgan fingerprint density at radius 3 is 2.91 bits per heavy atom. The highest BCUT2D eigenvalue weighted by molar-refractivity contribution is 7.97. The summed E-state index contributed by atoms with van der Waals surface area (Å²) in [6.07, 6.45) is 6.90. The third kappa shape index (κ3) is 3.98. The largest absolute Gasteiger partial charge is 0.433 e. The van der Waals surface area contributed by atoms with E-state index in [1.165, 1.54) is 13.1 Å². The first-order chi connectivity index (χ1) is 15.6. The quantitative estimate of drug-likeness (QED) is 0.281. The van der Waals surface area contributed by atoms with Gasteiger partial charge in [-0.1, -0.05) is 6.07 Å². The van der Waals surface area contributed by atoms with Crippen molar-refractivity contribution in [1.29, 1.82) is 5.26 Å². The van der Waals surface area contributed by atoms with Crippen LogP contribution in [0.25, 0.3) is 22.5 Å². The Labute approximate surface area is 188 Å². The van der Waals surface area contributed by atoms with Crippen LogP contribution in [-0.4, -0.2) is 32.8 Å². The maximum atomic E-state index is 11.6. The van der Waals surface area contributed by atoms with Crippen LogP contribution < -0.4 is 10.0 Å². The third-order valence-corrected chi connectivity index (χ3v) is 6.40. The summed E-state index contributed by atoms with van der Waals surface area (Å²) in [6, 6.07) is 12.3. The number of ketones is 1. The van der Waals surface area contributed by atoms with Gasteiger partial charge in [0.2, 0.25) is 5.89 Å². The summed E-state index contributed by atoms with van der Waals surface area (Å²) in [5, 5.41) is 13.6. The van der Waals surface area contributed by atoms with E-state index < -0.39 is 0 Å². The van der Waals surface area contributed by atoms with Crippen molar-refractivity contribution in [2.24, 2.45) is 0 Å². The van der Waals surface area contributed by atoms with E-state index in [1.807, 2.05) is 30.5 Å². The second kappa shape index (κ2) is 8.49. The number of Topliss-reactive ketones (excluding diaryl/α,β-unsaturated/α-hetero) is 1. The van der Waals surface area contributed by atoms with Crippen LogP contribution in [-0.2, 0) is 0 Å². The molecule has 0 bridgehead atoms. The zero-order valence-electron chi connectivity index (χ0n) is 17.3. The van der Waals surface area contributed by atoms with E-state index >= 15 is 0 Å². The molecule has 3 aromatic heterocycles. The van der Waals surface area contributed by atoms with Gasteiger partial charge in [-0.15, -0.1) is 0 Å². The molecule has 3 heterocycles. The standard InChI is InChI=1S/C23H20N6O2S/c1-13(30)20-12-27-23(31-20)19-11-26-22-18(5-6-25-22)21(19)28-15-8-16(9-15)29-32-17-4-2-3-14(7-17)10-24/h2-7,11-12,15-16,29H,8-9H2,1H3,(H2,25,26,28)/t15-,16-. The number of carbonyl (C=O) groups is 1. The van der Waals surface area contributed by atoms with Crippen molar-refractivity contribution in [2.45, 2.75) is 36.7 Å². The normalized spacial score (nSPS) is 17.6. The number of aromatic nitrogens is 3. The number of pyridine rings is 1. The molecule has 1 aliphatic rings. The molecule has 0 saturated heterocycles. The molecule has 3 N–H and O–H groups in total. The van der Waals surface area contributed by atoms with Crippen molar-refractivity contribution in [3.63, 3.8) is 0 Å². The van der Waals surface area contributed by atoms with Gasteiger partial charge in [0, 0.05) is 41.7 Å². The molecule has 160 valence electrons. The maximum Gasteiger partial charge on any atom is 0.230 e. The van der Waals surface area contributed by atoms with E-state index in [2.05, 4.69) is 31.1 Å². The molecule has 0 aliphatic heterocycles. The fourth-order valence-electron chi connectivity index (χ4n) is 3.70. The lowest BCUT2D eigenvalue weighted by Gasteiger charge is -2.37. The predicted molar refractivity (Wildman–Crippen MR) is 122 cm³/mol. The Morgan fingerprint density at radius 1 is 1.25 bits per heavy atom. The first kappa shape index (κ1) is 20.3. The second-order valence-electron chi connectivity index (χ2n) is 7.74. The van der Waals surface area contributed by atoms with Crippen molar-refractivity contribution in [3.05, 3.63) is 60.2 Å². The first-order valence-electron chi connectivity index (χ1n) is 10.2. The number of anilines is 1. The lowest BCUT2D eigenvalue weighted by molar-refractivity contribution is 0.0988. The molecule has 8 nitrogen and oxygen atoms in total. The molecule has 0 atom stereocenters. The third-order valence-electron chi connectivity index (χ3n) is 5.46. The van der Waals surface area contributed by atoms with Crippen LogP contribution in [0.4, 0.5) is 5.69 Å². The number of carbonyl (C=O) groups excluding carboxylic acids is 1. The number of rotatable bonds is 7. The van der Waals surface area contributed by atoms with Crippen LogP contribution in [0.5, 0.6) is 0 Å². The van der Waals surface area contributed by atoms with Crippen LogP contribution in [0, 0.1) is 11.3 Å². The minimum Gasteiger partial charge on any atom is -0.433 e. The molecule has 1 aliphatic carbocycles. The Bertz CT molecular complexity index is 1330. The van der Waals surface area contributed by atoms with Crippen molar-refractivity contribution >= 4 is 34.5 Å². The van der Waals surface area contributed by atoms with Gasteiger partial charge in [0.25, 0.3) is 0 Å². The monoisotopic (exact) mass is 444 g/mol. The number of nitriles is 1. The fraction of sp³-hybridized carbons (Fsp3) is 0.217. The molecular formula is C23H20N6O2S. The molecule has 4 aromatic rings. The van der Waals surface area contributed by atoms with Gasteiger partial charge in [0.1, 0.15) is 5.65 Å². The smallest absolute Gasteiger partial charge is 0.230 e. The van der Waals surface area contributed by atoms with Crippen LogP contribution in [0.3, 0.4) is 0 Å². The lowest BCUT2D eigenvalue weighted by Crippen LogP contribution is -2.45. The number of benzene rings is 1. The Kier molecular flexibility index (Phi) is 5.39. The minimum atomic E-state index is -0.167. The van der Waals surface area contributed by atoms with Gasteiger partial charge >= 0.3 is 0 Å². The molecule has 1 saturated carbocycles. The summed E-state index contributed by atoms with van der Waals surface area (Å²) in [4.78, 5) is 24.5. The minimum absolute atomic E-state index is 0.167. The van der Waals surface area contributed by atoms with Gasteiger partial charge in [-0.05, 0) is 49.1 Å². The number of hydrogen-bond acceptors (Lipinski definition) is 8. The lowest BCUT2D eigenvalue weighted by atomic mass is 9.87. The predicted octanol–water partition coefficient (Wildman–Crippen LogP) is 4.53. The summed E-state index contributed by atoms with van der Waals surface area (Å²) >= 11 is 1.55. The van der Waals surface area contributed by atoms with Gasteiger partial charge in [0.05, 0.1) is 29.1 Å². The highest BCUT2D eigenvalue weighted by Crippen LogP contribution is 2.36. The van der Waals surface area contributed by atoms with Gasteiger partial charge in [0.15, 0.2) is 11.5 Å². The maximum absolute atomic E-state index is 11.6. The first-order valence-corrected chi connectivity index (χ1v) is 11.0. The fourth-order valence-corrected chi connectivity index (χ4v) is 4.53. The SMILES string of the molecule is CC(=O)c1cnc(-c2cnc3[nH]ccc3c2N[C@H]2C[C@H](NSc3cccc(C#N)c3)C2)o1. The molecule has 5 rings (SSSR count). The number of oxazole rings is 1. The van der Waals surface area contributed by atoms with E-state index in [-0.39, 0.29) is 17.6 Å². The molecule has 0 amide bonds. The second-order valence-corrected chi connectivity index (χ2v) is 8.65. The zero-order chi connectivity index (χ0) is 22.1. The van der Waals surface area contributed by atoms with Gasteiger partial charge in [-0.3, -0.25) is 9.52 Å². The number of H-pyrrole nitrogens is 1. The number of nitrogens with zero attached hydrogens (tertiary/aromatic N) is 3. The molecule has 1 fully saturated rings. The zero-order valence-corrected chi connectivity index (χ0v) is 18.1. The molecule has 0 radical (unpaired) electrons. The number of hydrogen-bond donors (Lipinski definition) is 3. The van der Waals surface area contributed by atoms with E-state index in [1.54, 1.807) is 24.2 Å². The Hall–Kier alpha value is -3.61. The average molecular weight is 445 g/mol. The number of aromatic amines is 1. The molecule has 1 aromatic carbocycles. The van der Waals surface area contributed by atoms with Crippen LogP contribution in [0.15, 0.2) is 58.2 Å². The van der Waals surface area contributed by atoms with Crippen molar-refractivity contribution in [1.82, 2.24) is 19.7 Å². The topological polar surface area (TPSA) is 120 Å². The summed E-state index contributed by atoms with van der Waals surface area (Å²) in [5.41, 5.74) is 3.05. The average Bonchev–Trinajstić information content (AvgIpc) is 3.45. The molecule has 32 heavy (non-hydrogen) atoms. The van der Waals surface area contributed by atoms with E-state index in [0.717, 1.165) is 40.0 Å². The summed E-state index contributed by atoms with van der Waals surface area (Å²) < 4.78 is 9.15. The van der Waals surface area contributed by atoms with Crippen molar-refractivity contribution in [3.8, 4) is 17.5 Å². The molecule has 9 heteroatoms. The van der Waals surface area contributed by atoms with E-state index in [0.29, 0.717) is 17.5 Å². The van der Waals surface area contributed by atoms with Crippen LogP contribution >= 0.6 is 11.9 Å². The highest BCUT2D eigenvalue weighted by atomic mass is 32.2. The highest BCUT2D eigenvalue weighted by Gasteiger charge is 2.30. The summed E-state index contributed by atoms with van der Waals surface area (Å²) in [5.74, 6) is 0.431. The van der Waals surface area contributed by atoms with Gasteiger partial charge in [-0.25, -0.2) is 9.97 Å². The van der Waals surface area contributed by atoms with Gasteiger partial charge in [-0.2, -0.15) is 5.26 Å². The van der Waals surface area contributed by atoms with E-state index in [4.69, 9.17) is 9.68 Å². The van der Waals surface area contributed by atoms with Gasteiger partial charge < -0.3 is 14.7 Å². The van der Waals surface area contributed by atoms with Crippen LogP contribution in [0.1, 0.15) is 35.9 Å². The number of fused-ring (bicyclic) bond motifs is 1. The summed E-state index contributed by atoms with van der Waals surface area (Å²) in [6.45, 7) is 1.45. The van der Waals surface area contributed by atoms with Crippen molar-refractivity contribution in [2.75, 3.05) is 5.32 Å². The Morgan fingerprint density at radius 2 is 2.12 bits per heavy atom. The van der Waals surface area contributed by atoms with Crippen molar-refractivity contribution < 1.29 is 9.21 Å². The molecule has 0 unspecified atom stereocenters. The molecular weight excluding hydrogens is 424 g/mol. The molecule has 0 spiro atoms.